The number of hydrogen-bond donors (Lipinski definition) is 2. The van der Waals surface area contributed by atoms with Crippen LogP contribution in [0.15, 0.2) is 24.3 Å². The summed E-state index contributed by atoms with van der Waals surface area (Å²) in [5.41, 5.74) is 1.85. The minimum absolute atomic E-state index is 0.0493. The molecule has 0 unspecified atom stereocenters. The summed E-state index contributed by atoms with van der Waals surface area (Å²) in [5.74, 6) is 0. The van der Waals surface area contributed by atoms with Crippen LogP contribution in [0.5, 0.6) is 0 Å². The molecule has 1 heterocycles. The third kappa shape index (κ3) is 5.72. The Bertz CT molecular complexity index is 568. The highest BCUT2D eigenvalue weighted by atomic mass is 16.3. The topological polar surface area (TPSA) is 55.8 Å². The van der Waals surface area contributed by atoms with Crippen LogP contribution in [0.2, 0.25) is 0 Å². The number of piperidine rings is 1. The second-order valence-corrected chi connectivity index (χ2v) is 8.55. The van der Waals surface area contributed by atoms with E-state index in [-0.39, 0.29) is 11.4 Å². The summed E-state index contributed by atoms with van der Waals surface area (Å²) < 4.78 is 0. The Morgan fingerprint density at radius 2 is 1.76 bits per heavy atom. The molecule has 0 bridgehead atoms. The monoisotopic (exact) mass is 347 g/mol. The number of likely N-dealkylation sites (tertiary alicyclic amines) is 1. The fourth-order valence-electron chi connectivity index (χ4n) is 3.28. The van der Waals surface area contributed by atoms with Gasteiger partial charge in [0.05, 0.1) is 5.60 Å². The number of nitrogens with zero attached hydrogens (tertiary/aromatic N) is 2. The summed E-state index contributed by atoms with van der Waals surface area (Å²) >= 11 is 0. The van der Waals surface area contributed by atoms with Crippen molar-refractivity contribution in [1.82, 2.24) is 15.1 Å². The number of likely N-dealkylation sites (N-methyl/N-ethyl adjacent to an activating group) is 1. The molecule has 0 atom stereocenters. The number of carbonyl (C=O) groups is 1. The molecule has 5 nitrogen and oxygen atoms in total. The van der Waals surface area contributed by atoms with Gasteiger partial charge in [0.2, 0.25) is 0 Å². The van der Waals surface area contributed by atoms with Gasteiger partial charge < -0.3 is 20.2 Å². The van der Waals surface area contributed by atoms with Crippen LogP contribution in [-0.4, -0.2) is 60.3 Å². The first-order valence-corrected chi connectivity index (χ1v) is 9.08. The number of nitrogens with one attached hydrogen (secondary N) is 1. The maximum absolute atomic E-state index is 12.4. The summed E-state index contributed by atoms with van der Waals surface area (Å²) in [6.45, 7) is 8.94. The predicted octanol–water partition coefficient (Wildman–Crippen LogP) is 2.58. The van der Waals surface area contributed by atoms with Crippen molar-refractivity contribution >= 4 is 6.03 Å². The number of hydrogen-bond acceptors (Lipinski definition) is 3. The number of carbonyl (C=O) groups excluding carboxylic acids is 1. The van der Waals surface area contributed by atoms with E-state index in [9.17, 15) is 9.90 Å². The molecule has 0 aliphatic carbocycles. The van der Waals surface area contributed by atoms with Gasteiger partial charge >= 0.3 is 6.03 Å². The Kier molecular flexibility index (Phi) is 6.12. The quantitative estimate of drug-likeness (QED) is 0.880. The summed E-state index contributed by atoms with van der Waals surface area (Å²) in [6.07, 6.45) is 1.25. The molecule has 0 saturated carbocycles. The van der Waals surface area contributed by atoms with Gasteiger partial charge in [-0.3, -0.25) is 0 Å². The first-order chi connectivity index (χ1) is 11.6. The lowest BCUT2D eigenvalue weighted by Gasteiger charge is -2.39. The molecule has 5 heteroatoms. The number of aliphatic hydroxyl groups is 1. The van der Waals surface area contributed by atoms with Gasteiger partial charge in [-0.05, 0) is 43.5 Å². The Labute approximate surface area is 152 Å². The van der Waals surface area contributed by atoms with Gasteiger partial charge in [-0.25, -0.2) is 4.79 Å². The van der Waals surface area contributed by atoms with E-state index in [1.165, 1.54) is 5.56 Å². The highest BCUT2D eigenvalue weighted by Crippen LogP contribution is 2.23. The SMILES string of the molecule is CN(C)CC1(O)CCN(C(=O)NCc2ccc(C(C)(C)C)cc2)CC1. The van der Waals surface area contributed by atoms with Crippen LogP contribution in [0.4, 0.5) is 4.79 Å². The zero-order valence-corrected chi connectivity index (χ0v) is 16.3. The van der Waals surface area contributed by atoms with E-state index in [0.29, 0.717) is 39.0 Å². The molecule has 2 rings (SSSR count). The van der Waals surface area contributed by atoms with Gasteiger partial charge in [-0.2, -0.15) is 0 Å². The number of rotatable bonds is 4. The van der Waals surface area contributed by atoms with Crippen molar-refractivity contribution in [3.8, 4) is 0 Å². The Balaban J connectivity index is 1.81. The molecule has 25 heavy (non-hydrogen) atoms. The van der Waals surface area contributed by atoms with Gasteiger partial charge in [0, 0.05) is 26.2 Å². The Morgan fingerprint density at radius 1 is 1.20 bits per heavy atom. The van der Waals surface area contributed by atoms with E-state index in [1.54, 1.807) is 4.90 Å². The summed E-state index contributed by atoms with van der Waals surface area (Å²) in [4.78, 5) is 16.1. The fraction of sp³-hybridized carbons (Fsp3) is 0.650. The van der Waals surface area contributed by atoms with Crippen LogP contribution in [-0.2, 0) is 12.0 Å². The third-order valence-corrected chi connectivity index (χ3v) is 4.86. The van der Waals surface area contributed by atoms with Crippen LogP contribution in [0.3, 0.4) is 0 Å². The van der Waals surface area contributed by atoms with Gasteiger partial charge in [0.25, 0.3) is 0 Å². The van der Waals surface area contributed by atoms with Crippen LogP contribution in [0, 0.1) is 0 Å². The lowest BCUT2D eigenvalue weighted by atomic mass is 9.87. The molecule has 1 aromatic carbocycles. The molecule has 0 radical (unpaired) electrons. The molecule has 1 saturated heterocycles. The van der Waals surface area contributed by atoms with E-state index >= 15 is 0 Å². The summed E-state index contributed by atoms with van der Waals surface area (Å²) in [5, 5.41) is 13.5. The van der Waals surface area contributed by atoms with Crippen LogP contribution < -0.4 is 5.32 Å². The maximum atomic E-state index is 12.4. The van der Waals surface area contributed by atoms with Crippen molar-refractivity contribution in [2.24, 2.45) is 0 Å². The normalized spacial score (nSPS) is 17.6. The zero-order chi connectivity index (χ0) is 18.7. The van der Waals surface area contributed by atoms with E-state index in [1.807, 2.05) is 19.0 Å². The smallest absolute Gasteiger partial charge is 0.317 e. The largest absolute Gasteiger partial charge is 0.388 e. The van der Waals surface area contributed by atoms with E-state index < -0.39 is 5.60 Å². The molecular formula is C20H33N3O2. The molecule has 1 aromatic rings. The Hall–Kier alpha value is -1.59. The van der Waals surface area contributed by atoms with E-state index in [2.05, 4.69) is 50.4 Å². The third-order valence-electron chi connectivity index (χ3n) is 4.86. The highest BCUT2D eigenvalue weighted by Gasteiger charge is 2.34. The molecule has 1 aliphatic heterocycles. The van der Waals surface area contributed by atoms with Crippen LogP contribution in [0.1, 0.15) is 44.7 Å². The minimum Gasteiger partial charge on any atom is -0.388 e. The highest BCUT2D eigenvalue weighted by molar-refractivity contribution is 5.74. The predicted molar refractivity (Wildman–Crippen MR) is 102 cm³/mol. The second-order valence-electron chi connectivity index (χ2n) is 8.55. The van der Waals surface area contributed by atoms with Crippen molar-refractivity contribution in [2.75, 3.05) is 33.7 Å². The average Bonchev–Trinajstić information content (AvgIpc) is 2.52. The van der Waals surface area contributed by atoms with Crippen molar-refractivity contribution in [3.05, 3.63) is 35.4 Å². The lowest BCUT2D eigenvalue weighted by Crippen LogP contribution is -2.52. The standard InChI is InChI=1S/C20H33N3O2/c1-19(2,3)17-8-6-16(7-9-17)14-21-18(24)23-12-10-20(25,11-13-23)15-22(4)5/h6-9,25H,10-15H2,1-5H3,(H,21,24). The maximum Gasteiger partial charge on any atom is 0.317 e. The van der Waals surface area contributed by atoms with E-state index in [0.717, 1.165) is 5.56 Å². The van der Waals surface area contributed by atoms with Gasteiger partial charge in [-0.15, -0.1) is 0 Å². The average molecular weight is 348 g/mol. The van der Waals surface area contributed by atoms with Crippen molar-refractivity contribution < 1.29 is 9.90 Å². The summed E-state index contributed by atoms with van der Waals surface area (Å²) in [7, 11) is 3.92. The summed E-state index contributed by atoms with van der Waals surface area (Å²) in [6, 6.07) is 8.36. The van der Waals surface area contributed by atoms with Crippen molar-refractivity contribution in [1.29, 1.82) is 0 Å². The molecule has 0 spiro atoms. The minimum atomic E-state index is -0.678. The van der Waals surface area contributed by atoms with Gasteiger partial charge in [-0.1, -0.05) is 45.0 Å². The number of urea groups is 1. The molecule has 2 amide bonds. The van der Waals surface area contributed by atoms with Gasteiger partial charge in [0.15, 0.2) is 0 Å². The second kappa shape index (κ2) is 7.75. The van der Waals surface area contributed by atoms with Gasteiger partial charge in [0.1, 0.15) is 0 Å². The molecule has 140 valence electrons. The molecule has 0 aromatic heterocycles. The molecular weight excluding hydrogens is 314 g/mol. The van der Waals surface area contributed by atoms with Crippen LogP contribution >= 0.6 is 0 Å². The number of amides is 2. The number of benzene rings is 1. The van der Waals surface area contributed by atoms with Crippen LogP contribution in [0.25, 0.3) is 0 Å². The first kappa shape index (κ1) is 19.7. The first-order valence-electron chi connectivity index (χ1n) is 9.08. The Morgan fingerprint density at radius 3 is 2.24 bits per heavy atom. The fourth-order valence-corrected chi connectivity index (χ4v) is 3.28. The van der Waals surface area contributed by atoms with E-state index in [4.69, 9.17) is 0 Å². The van der Waals surface area contributed by atoms with Crippen molar-refractivity contribution in [3.63, 3.8) is 0 Å². The molecule has 2 N–H and O–H groups in total. The lowest BCUT2D eigenvalue weighted by molar-refractivity contribution is -0.0293. The zero-order valence-electron chi connectivity index (χ0n) is 16.3. The van der Waals surface area contributed by atoms with Crippen molar-refractivity contribution in [2.45, 2.75) is 51.2 Å². The molecule has 1 fully saturated rings. The molecule has 1 aliphatic rings.